The molecule has 1 amide bonds. The molecule has 0 aliphatic heterocycles. The summed E-state index contributed by atoms with van der Waals surface area (Å²) in [5, 5.41) is 11.7. The highest BCUT2D eigenvalue weighted by atomic mass is 79.9. The van der Waals surface area contributed by atoms with E-state index in [-0.39, 0.29) is 18.2 Å². The number of hydrogen-bond donors (Lipinski definition) is 2. The Hall–Kier alpha value is -1.79. The monoisotopic (exact) mass is 357 g/mol. The Morgan fingerprint density at radius 2 is 2.05 bits per heavy atom. The second kappa shape index (κ2) is 6.11. The van der Waals surface area contributed by atoms with Crippen molar-refractivity contribution < 1.29 is 19.1 Å². The second-order valence-electron chi connectivity index (χ2n) is 3.88. The zero-order valence-electron chi connectivity index (χ0n) is 10.0. The zero-order chi connectivity index (χ0) is 14.7. The third-order valence-electron chi connectivity index (χ3n) is 2.47. The van der Waals surface area contributed by atoms with Gasteiger partial charge in [0.1, 0.15) is 5.76 Å². The molecule has 104 valence electrons. The first-order valence-corrected chi connectivity index (χ1v) is 6.69. The highest BCUT2D eigenvalue weighted by Crippen LogP contribution is 2.21. The van der Waals surface area contributed by atoms with Gasteiger partial charge >= 0.3 is 5.97 Å². The quantitative estimate of drug-likeness (QED) is 0.878. The van der Waals surface area contributed by atoms with Crippen LogP contribution < -0.4 is 5.32 Å². The van der Waals surface area contributed by atoms with Gasteiger partial charge in [-0.15, -0.1) is 0 Å². The molecule has 0 fully saturated rings. The van der Waals surface area contributed by atoms with E-state index in [1.165, 1.54) is 12.1 Å². The van der Waals surface area contributed by atoms with Crippen LogP contribution in [0.15, 0.2) is 39.2 Å². The Labute approximate surface area is 127 Å². The van der Waals surface area contributed by atoms with Crippen molar-refractivity contribution in [1.29, 1.82) is 0 Å². The summed E-state index contributed by atoms with van der Waals surface area (Å²) in [5.74, 6) is -1.35. The maximum absolute atomic E-state index is 12.0. The largest absolute Gasteiger partial charge is 0.475 e. The van der Waals surface area contributed by atoms with Crippen LogP contribution in [0, 0.1) is 0 Å². The van der Waals surface area contributed by atoms with Crippen LogP contribution in [0.4, 0.5) is 0 Å². The Bertz CT molecular complexity index is 668. The molecule has 0 aliphatic rings. The van der Waals surface area contributed by atoms with Gasteiger partial charge in [-0.1, -0.05) is 27.5 Å². The molecule has 0 saturated heterocycles. The fourth-order valence-corrected chi connectivity index (χ4v) is 2.09. The van der Waals surface area contributed by atoms with Crippen LogP contribution in [-0.4, -0.2) is 17.0 Å². The molecule has 2 N–H and O–H groups in total. The van der Waals surface area contributed by atoms with E-state index >= 15 is 0 Å². The van der Waals surface area contributed by atoms with Crippen molar-refractivity contribution >= 4 is 39.4 Å². The van der Waals surface area contributed by atoms with E-state index in [0.29, 0.717) is 16.3 Å². The lowest BCUT2D eigenvalue weighted by Gasteiger charge is -2.05. The van der Waals surface area contributed by atoms with Crippen molar-refractivity contribution in [2.45, 2.75) is 6.54 Å². The summed E-state index contributed by atoms with van der Waals surface area (Å²) in [7, 11) is 0. The molecule has 1 aromatic carbocycles. The summed E-state index contributed by atoms with van der Waals surface area (Å²) in [5.41, 5.74) is 0.325. The molecule has 0 saturated carbocycles. The van der Waals surface area contributed by atoms with Crippen molar-refractivity contribution in [1.82, 2.24) is 5.32 Å². The van der Waals surface area contributed by atoms with E-state index in [1.807, 2.05) is 0 Å². The number of carbonyl (C=O) groups excluding carboxylic acids is 1. The number of carboxylic acid groups (broad SMARTS) is 1. The number of carbonyl (C=O) groups is 2. The minimum atomic E-state index is -1.15. The topological polar surface area (TPSA) is 79.5 Å². The summed E-state index contributed by atoms with van der Waals surface area (Å²) in [6.07, 6.45) is 0. The molecule has 0 radical (unpaired) electrons. The molecule has 0 spiro atoms. The lowest BCUT2D eigenvalue weighted by Crippen LogP contribution is -2.22. The first-order valence-electron chi connectivity index (χ1n) is 5.52. The maximum Gasteiger partial charge on any atom is 0.371 e. The van der Waals surface area contributed by atoms with Crippen molar-refractivity contribution in [3.05, 3.63) is 56.9 Å². The Balaban J connectivity index is 2.04. The molecule has 0 unspecified atom stereocenters. The van der Waals surface area contributed by atoms with Gasteiger partial charge in [-0.2, -0.15) is 0 Å². The van der Waals surface area contributed by atoms with E-state index < -0.39 is 5.97 Å². The van der Waals surface area contributed by atoms with Crippen LogP contribution in [0.5, 0.6) is 0 Å². The summed E-state index contributed by atoms with van der Waals surface area (Å²) < 4.78 is 5.76. The Morgan fingerprint density at radius 3 is 2.70 bits per heavy atom. The number of amides is 1. The fraction of sp³-hybridized carbons (Fsp3) is 0.0769. The third-order valence-corrected chi connectivity index (χ3v) is 3.29. The number of benzene rings is 1. The molecule has 2 aromatic rings. The van der Waals surface area contributed by atoms with Crippen molar-refractivity contribution in [2.24, 2.45) is 0 Å². The molecule has 20 heavy (non-hydrogen) atoms. The zero-order valence-corrected chi connectivity index (χ0v) is 12.4. The molecular formula is C13H9BrClNO4. The number of carboxylic acids is 1. The SMILES string of the molecule is O=C(O)c1ccc(CNC(=O)c2cc(Br)ccc2Cl)o1. The van der Waals surface area contributed by atoms with Crippen molar-refractivity contribution in [3.8, 4) is 0 Å². The summed E-state index contributed by atoms with van der Waals surface area (Å²) in [4.78, 5) is 22.6. The van der Waals surface area contributed by atoms with Gasteiger partial charge in [0.25, 0.3) is 5.91 Å². The number of furan rings is 1. The lowest BCUT2D eigenvalue weighted by atomic mass is 10.2. The van der Waals surface area contributed by atoms with E-state index in [4.69, 9.17) is 21.1 Å². The summed E-state index contributed by atoms with van der Waals surface area (Å²) in [6, 6.07) is 7.76. The van der Waals surface area contributed by atoms with Gasteiger partial charge in [0.15, 0.2) is 0 Å². The molecule has 0 atom stereocenters. The molecule has 1 aromatic heterocycles. The molecule has 7 heteroatoms. The number of hydrogen-bond acceptors (Lipinski definition) is 3. The number of halogens is 2. The van der Waals surface area contributed by atoms with Gasteiger partial charge in [-0.05, 0) is 30.3 Å². The Kier molecular flexibility index (Phi) is 4.46. The summed E-state index contributed by atoms with van der Waals surface area (Å²) >= 11 is 9.19. The first kappa shape index (κ1) is 14.6. The highest BCUT2D eigenvalue weighted by molar-refractivity contribution is 9.10. The van der Waals surface area contributed by atoms with E-state index in [0.717, 1.165) is 4.47 Å². The van der Waals surface area contributed by atoms with Crippen LogP contribution in [0.25, 0.3) is 0 Å². The molecule has 5 nitrogen and oxygen atoms in total. The number of nitrogens with one attached hydrogen (secondary N) is 1. The van der Waals surface area contributed by atoms with Gasteiger partial charge in [0.2, 0.25) is 5.76 Å². The lowest BCUT2D eigenvalue weighted by molar-refractivity contribution is 0.0660. The molecule has 0 bridgehead atoms. The molecular weight excluding hydrogens is 350 g/mol. The van der Waals surface area contributed by atoms with E-state index in [9.17, 15) is 9.59 Å². The molecule has 1 heterocycles. The fourth-order valence-electron chi connectivity index (χ4n) is 1.52. The maximum atomic E-state index is 12.0. The predicted octanol–water partition coefficient (Wildman–Crippen LogP) is 3.32. The van der Waals surface area contributed by atoms with Gasteiger partial charge in [-0.3, -0.25) is 4.79 Å². The van der Waals surface area contributed by atoms with Gasteiger partial charge in [0.05, 0.1) is 17.1 Å². The highest BCUT2D eigenvalue weighted by Gasteiger charge is 2.13. The van der Waals surface area contributed by atoms with Crippen LogP contribution in [0.2, 0.25) is 5.02 Å². The van der Waals surface area contributed by atoms with Crippen molar-refractivity contribution in [3.63, 3.8) is 0 Å². The average molecular weight is 359 g/mol. The van der Waals surface area contributed by atoms with Crippen LogP contribution in [-0.2, 0) is 6.54 Å². The number of aromatic carboxylic acids is 1. The third kappa shape index (κ3) is 3.40. The Morgan fingerprint density at radius 1 is 1.30 bits per heavy atom. The first-order chi connectivity index (χ1) is 9.47. The standard InChI is InChI=1S/C13H9BrClNO4/c14-7-1-3-10(15)9(5-7)12(17)16-6-8-2-4-11(20-8)13(18)19/h1-5H,6H2,(H,16,17)(H,18,19). The minimum absolute atomic E-state index is 0.0783. The predicted molar refractivity (Wildman–Crippen MR) is 76.0 cm³/mol. The van der Waals surface area contributed by atoms with E-state index in [1.54, 1.807) is 18.2 Å². The minimum Gasteiger partial charge on any atom is -0.475 e. The average Bonchev–Trinajstić information content (AvgIpc) is 2.88. The van der Waals surface area contributed by atoms with Crippen LogP contribution >= 0.6 is 27.5 Å². The van der Waals surface area contributed by atoms with Crippen molar-refractivity contribution in [2.75, 3.05) is 0 Å². The smallest absolute Gasteiger partial charge is 0.371 e. The summed E-state index contributed by atoms with van der Waals surface area (Å²) in [6.45, 7) is 0.0783. The van der Waals surface area contributed by atoms with Gasteiger partial charge < -0.3 is 14.8 Å². The van der Waals surface area contributed by atoms with Crippen LogP contribution in [0.1, 0.15) is 26.7 Å². The normalized spacial score (nSPS) is 10.3. The molecule has 2 rings (SSSR count). The van der Waals surface area contributed by atoms with Gasteiger partial charge in [-0.25, -0.2) is 4.79 Å². The molecule has 0 aliphatic carbocycles. The van der Waals surface area contributed by atoms with E-state index in [2.05, 4.69) is 21.2 Å². The second-order valence-corrected chi connectivity index (χ2v) is 5.20. The van der Waals surface area contributed by atoms with Gasteiger partial charge in [0, 0.05) is 4.47 Å². The van der Waals surface area contributed by atoms with Crippen LogP contribution in [0.3, 0.4) is 0 Å². The number of rotatable bonds is 4.